The van der Waals surface area contributed by atoms with E-state index in [-0.39, 0.29) is 0 Å². The fourth-order valence-electron chi connectivity index (χ4n) is 1.70. The van der Waals surface area contributed by atoms with Gasteiger partial charge < -0.3 is 0 Å². The van der Waals surface area contributed by atoms with Crippen molar-refractivity contribution in [1.82, 2.24) is 0 Å². The van der Waals surface area contributed by atoms with Gasteiger partial charge in [-0.1, -0.05) is 6.92 Å². The fraction of sp³-hybridized carbons (Fsp3) is 0.545. The zero-order chi connectivity index (χ0) is 9.97. The summed E-state index contributed by atoms with van der Waals surface area (Å²) in [6.45, 7) is 3.22. The van der Waals surface area contributed by atoms with Crippen LogP contribution in [0.25, 0.3) is 0 Å². The molecule has 1 aromatic rings. The first-order valence-electron chi connectivity index (χ1n) is 5.05. The third-order valence-electron chi connectivity index (χ3n) is 2.45. The highest BCUT2D eigenvalue weighted by molar-refractivity contribution is 8.13. The molecule has 1 aliphatic rings. The first kappa shape index (κ1) is 10.2. The van der Waals surface area contributed by atoms with Gasteiger partial charge in [-0.2, -0.15) is 0 Å². The molecule has 1 aliphatic heterocycles. The van der Waals surface area contributed by atoms with Gasteiger partial charge in [0.05, 0.1) is 5.04 Å². The Balaban J connectivity index is 2.42. The number of aliphatic imine (C=N–C) groups is 1. The van der Waals surface area contributed by atoms with Crippen molar-refractivity contribution >= 4 is 28.1 Å². The normalized spacial score (nSPS) is 16.0. The van der Waals surface area contributed by atoms with Crippen LogP contribution in [0.1, 0.15) is 28.7 Å². The quantitative estimate of drug-likeness (QED) is 0.714. The molecule has 0 spiro atoms. The Hall–Kier alpha value is -0.280. The lowest BCUT2D eigenvalue weighted by Crippen LogP contribution is -1.93. The summed E-state index contributed by atoms with van der Waals surface area (Å²) in [5, 5.41) is 1.24. The van der Waals surface area contributed by atoms with E-state index in [1.54, 1.807) is 16.6 Å². The van der Waals surface area contributed by atoms with Crippen LogP contribution < -0.4 is 0 Å². The average Bonchev–Trinajstić information content (AvgIpc) is 2.53. The van der Waals surface area contributed by atoms with Crippen LogP contribution in [0, 0.1) is 0 Å². The molecular weight excluding hydrogens is 210 g/mol. The van der Waals surface area contributed by atoms with Crippen LogP contribution in [-0.2, 0) is 12.8 Å². The third kappa shape index (κ3) is 1.89. The van der Waals surface area contributed by atoms with Crippen molar-refractivity contribution < 1.29 is 0 Å². The van der Waals surface area contributed by atoms with Gasteiger partial charge in [-0.05, 0) is 31.6 Å². The standard InChI is InChI=1S/C11H15NS2/c1-3-8-7-9-10(14-8)5-4-6-12-11(9)13-2/h7H,3-6H2,1-2H3. The van der Waals surface area contributed by atoms with Gasteiger partial charge in [0.1, 0.15) is 0 Å². The molecule has 0 fully saturated rings. The second-order valence-corrected chi connectivity index (χ2v) is 5.41. The summed E-state index contributed by atoms with van der Waals surface area (Å²) < 4.78 is 0. The van der Waals surface area contributed by atoms with Gasteiger partial charge in [-0.25, -0.2) is 0 Å². The topological polar surface area (TPSA) is 12.4 Å². The lowest BCUT2D eigenvalue weighted by Gasteiger charge is -1.99. The highest BCUT2D eigenvalue weighted by Gasteiger charge is 2.15. The summed E-state index contributed by atoms with van der Waals surface area (Å²) in [4.78, 5) is 7.66. The SMILES string of the molecule is CCc1cc2c(s1)CCCN=C2SC. The van der Waals surface area contributed by atoms with E-state index in [1.165, 1.54) is 28.3 Å². The second kappa shape index (κ2) is 4.49. The van der Waals surface area contributed by atoms with E-state index in [0.717, 1.165) is 13.0 Å². The molecule has 1 nitrogen and oxygen atoms in total. The van der Waals surface area contributed by atoms with Crippen molar-refractivity contribution in [3.05, 3.63) is 21.4 Å². The van der Waals surface area contributed by atoms with E-state index < -0.39 is 0 Å². The number of aryl methyl sites for hydroxylation is 2. The molecule has 3 heteroatoms. The van der Waals surface area contributed by atoms with Gasteiger partial charge in [0.15, 0.2) is 0 Å². The Morgan fingerprint density at radius 1 is 1.57 bits per heavy atom. The Bertz CT molecular complexity index is 352. The highest BCUT2D eigenvalue weighted by Crippen LogP contribution is 2.29. The molecule has 0 atom stereocenters. The van der Waals surface area contributed by atoms with Gasteiger partial charge >= 0.3 is 0 Å². The van der Waals surface area contributed by atoms with E-state index in [2.05, 4.69) is 24.2 Å². The van der Waals surface area contributed by atoms with Gasteiger partial charge in [-0.3, -0.25) is 4.99 Å². The smallest absolute Gasteiger partial charge is 0.0985 e. The van der Waals surface area contributed by atoms with Crippen LogP contribution in [0.3, 0.4) is 0 Å². The number of thioether (sulfide) groups is 1. The van der Waals surface area contributed by atoms with Crippen LogP contribution >= 0.6 is 23.1 Å². The van der Waals surface area contributed by atoms with Crippen molar-refractivity contribution in [3.8, 4) is 0 Å². The molecule has 1 aromatic heterocycles. The Labute approximate surface area is 93.6 Å². The summed E-state index contributed by atoms with van der Waals surface area (Å²) in [5.41, 5.74) is 1.41. The van der Waals surface area contributed by atoms with E-state index in [9.17, 15) is 0 Å². The number of hydrogen-bond acceptors (Lipinski definition) is 3. The lowest BCUT2D eigenvalue weighted by molar-refractivity contribution is 0.855. The van der Waals surface area contributed by atoms with Crippen molar-refractivity contribution in [1.29, 1.82) is 0 Å². The Morgan fingerprint density at radius 3 is 3.14 bits per heavy atom. The van der Waals surface area contributed by atoms with Crippen LogP contribution in [0.5, 0.6) is 0 Å². The first-order chi connectivity index (χ1) is 6.85. The Kier molecular flexibility index (Phi) is 3.29. The monoisotopic (exact) mass is 225 g/mol. The van der Waals surface area contributed by atoms with Gasteiger partial charge in [0, 0.05) is 21.9 Å². The molecule has 0 aromatic carbocycles. The van der Waals surface area contributed by atoms with Crippen molar-refractivity contribution in [3.63, 3.8) is 0 Å². The van der Waals surface area contributed by atoms with Gasteiger partial charge in [0.25, 0.3) is 0 Å². The number of nitrogens with zero attached hydrogens (tertiary/aromatic N) is 1. The number of rotatable bonds is 1. The summed E-state index contributed by atoms with van der Waals surface area (Å²) in [5.74, 6) is 0. The van der Waals surface area contributed by atoms with E-state index in [1.807, 2.05) is 11.3 Å². The van der Waals surface area contributed by atoms with Crippen molar-refractivity contribution in [2.75, 3.05) is 12.8 Å². The number of hydrogen-bond donors (Lipinski definition) is 0. The van der Waals surface area contributed by atoms with E-state index >= 15 is 0 Å². The van der Waals surface area contributed by atoms with Gasteiger partial charge in [-0.15, -0.1) is 23.1 Å². The maximum Gasteiger partial charge on any atom is 0.0985 e. The molecule has 14 heavy (non-hydrogen) atoms. The average molecular weight is 225 g/mol. The summed E-state index contributed by atoms with van der Waals surface area (Å²) in [7, 11) is 0. The molecule has 2 rings (SSSR count). The summed E-state index contributed by atoms with van der Waals surface area (Å²) in [6, 6.07) is 2.33. The molecule has 0 aliphatic carbocycles. The minimum atomic E-state index is 0.999. The largest absolute Gasteiger partial charge is 0.278 e. The van der Waals surface area contributed by atoms with Gasteiger partial charge in [0.2, 0.25) is 0 Å². The van der Waals surface area contributed by atoms with E-state index in [4.69, 9.17) is 0 Å². The van der Waals surface area contributed by atoms with Crippen molar-refractivity contribution in [2.24, 2.45) is 4.99 Å². The molecule has 0 bridgehead atoms. The molecule has 76 valence electrons. The lowest BCUT2D eigenvalue weighted by atomic mass is 10.2. The molecule has 0 unspecified atom stereocenters. The summed E-state index contributed by atoms with van der Waals surface area (Å²) in [6.07, 6.45) is 5.70. The van der Waals surface area contributed by atoms with Crippen LogP contribution in [0.4, 0.5) is 0 Å². The van der Waals surface area contributed by atoms with E-state index in [0.29, 0.717) is 0 Å². The first-order valence-corrected chi connectivity index (χ1v) is 7.09. The predicted octanol–water partition coefficient (Wildman–Crippen LogP) is 3.37. The molecule has 0 saturated heterocycles. The third-order valence-corrected chi connectivity index (χ3v) is 4.52. The number of fused-ring (bicyclic) bond motifs is 1. The highest BCUT2D eigenvalue weighted by atomic mass is 32.2. The number of thiophene rings is 1. The fourth-order valence-corrected chi connectivity index (χ4v) is 3.54. The van der Waals surface area contributed by atoms with Crippen LogP contribution in [-0.4, -0.2) is 17.8 Å². The maximum atomic E-state index is 4.62. The predicted molar refractivity (Wildman–Crippen MR) is 66.9 cm³/mol. The minimum Gasteiger partial charge on any atom is -0.278 e. The minimum absolute atomic E-state index is 0.999. The molecule has 2 heterocycles. The second-order valence-electron chi connectivity index (χ2n) is 3.40. The van der Waals surface area contributed by atoms with Crippen LogP contribution in [0.2, 0.25) is 0 Å². The zero-order valence-electron chi connectivity index (χ0n) is 8.67. The molecule has 0 saturated carbocycles. The van der Waals surface area contributed by atoms with Crippen molar-refractivity contribution in [2.45, 2.75) is 26.2 Å². The molecule has 0 radical (unpaired) electrons. The Morgan fingerprint density at radius 2 is 2.43 bits per heavy atom. The molecule has 0 amide bonds. The molecule has 0 N–H and O–H groups in total. The zero-order valence-corrected chi connectivity index (χ0v) is 10.3. The maximum absolute atomic E-state index is 4.62. The summed E-state index contributed by atoms with van der Waals surface area (Å²) >= 11 is 3.76. The van der Waals surface area contributed by atoms with Crippen LogP contribution in [0.15, 0.2) is 11.1 Å². The molecular formula is C11H15NS2.